The van der Waals surface area contributed by atoms with Gasteiger partial charge < -0.3 is 15.0 Å². The van der Waals surface area contributed by atoms with Crippen molar-refractivity contribution < 1.29 is 14.3 Å². The molecule has 0 saturated heterocycles. The van der Waals surface area contributed by atoms with Crippen LogP contribution in [0.25, 0.3) is 0 Å². The van der Waals surface area contributed by atoms with E-state index in [-0.39, 0.29) is 17.9 Å². The van der Waals surface area contributed by atoms with Gasteiger partial charge in [-0.2, -0.15) is 0 Å². The third-order valence-corrected chi connectivity index (χ3v) is 7.36. The largest absolute Gasteiger partial charge is 0.497 e. The summed E-state index contributed by atoms with van der Waals surface area (Å²) in [4.78, 5) is 28.1. The van der Waals surface area contributed by atoms with E-state index in [1.165, 1.54) is 6.42 Å². The second-order valence-electron chi connectivity index (χ2n) is 8.81. The van der Waals surface area contributed by atoms with Gasteiger partial charge in [-0.3, -0.25) is 9.59 Å². The molecule has 0 aromatic heterocycles. The summed E-state index contributed by atoms with van der Waals surface area (Å²) in [5.41, 5.74) is 3.34. The summed E-state index contributed by atoms with van der Waals surface area (Å²) in [6, 6.07) is 15.7. The normalized spacial score (nSPS) is 15.0. The molecular formula is C27H36N2O3S. The molecule has 0 radical (unpaired) electrons. The third-order valence-electron chi connectivity index (χ3n) is 6.37. The van der Waals surface area contributed by atoms with Gasteiger partial charge in [0, 0.05) is 18.3 Å². The predicted molar refractivity (Wildman–Crippen MR) is 135 cm³/mol. The zero-order chi connectivity index (χ0) is 23.6. The van der Waals surface area contributed by atoms with Crippen molar-refractivity contribution in [2.24, 2.45) is 0 Å². The Hall–Kier alpha value is -2.47. The van der Waals surface area contributed by atoms with E-state index in [9.17, 15) is 9.59 Å². The number of amides is 2. The SMILES string of the molecule is COc1ccc(CSCC(=O)N(Cc2ccccc2C)[C@@H](C)C(=O)NC2CCCCC2)cc1. The number of carbonyl (C=O) groups is 2. The molecule has 33 heavy (non-hydrogen) atoms. The summed E-state index contributed by atoms with van der Waals surface area (Å²) >= 11 is 1.57. The fraction of sp³-hybridized carbons (Fsp3) is 0.481. The molecule has 1 atom stereocenters. The Balaban J connectivity index is 1.64. The third kappa shape index (κ3) is 7.53. The van der Waals surface area contributed by atoms with Crippen LogP contribution in [0.2, 0.25) is 0 Å². The minimum Gasteiger partial charge on any atom is -0.497 e. The molecule has 1 aliphatic carbocycles. The summed E-state index contributed by atoms with van der Waals surface area (Å²) in [7, 11) is 1.65. The van der Waals surface area contributed by atoms with E-state index in [1.54, 1.807) is 23.8 Å². The highest BCUT2D eigenvalue weighted by Gasteiger charge is 2.28. The first kappa shape index (κ1) is 25.2. The van der Waals surface area contributed by atoms with Crippen LogP contribution in [0.4, 0.5) is 0 Å². The molecule has 3 rings (SSSR count). The van der Waals surface area contributed by atoms with Crippen LogP contribution in [0.3, 0.4) is 0 Å². The minimum atomic E-state index is -0.513. The number of hydrogen-bond donors (Lipinski definition) is 1. The monoisotopic (exact) mass is 468 g/mol. The molecule has 0 aliphatic heterocycles. The molecule has 1 N–H and O–H groups in total. The van der Waals surface area contributed by atoms with E-state index in [4.69, 9.17) is 4.74 Å². The number of thioether (sulfide) groups is 1. The molecule has 2 aromatic rings. The highest BCUT2D eigenvalue weighted by atomic mass is 32.2. The van der Waals surface area contributed by atoms with Gasteiger partial charge in [-0.05, 0) is 55.5 Å². The van der Waals surface area contributed by atoms with E-state index < -0.39 is 6.04 Å². The van der Waals surface area contributed by atoms with Crippen molar-refractivity contribution in [2.75, 3.05) is 12.9 Å². The maximum Gasteiger partial charge on any atom is 0.242 e. The Morgan fingerprint density at radius 2 is 1.79 bits per heavy atom. The van der Waals surface area contributed by atoms with Gasteiger partial charge in [0.05, 0.1) is 12.9 Å². The topological polar surface area (TPSA) is 58.6 Å². The lowest BCUT2D eigenvalue weighted by Gasteiger charge is -2.31. The predicted octanol–water partition coefficient (Wildman–Crippen LogP) is 5.10. The highest BCUT2D eigenvalue weighted by Crippen LogP contribution is 2.21. The summed E-state index contributed by atoms with van der Waals surface area (Å²) in [6.45, 7) is 4.33. The van der Waals surface area contributed by atoms with E-state index in [0.29, 0.717) is 12.3 Å². The second kappa shape index (κ2) is 12.7. The number of ether oxygens (including phenoxy) is 1. The number of benzene rings is 2. The van der Waals surface area contributed by atoms with Crippen LogP contribution in [-0.4, -0.2) is 41.7 Å². The molecule has 6 heteroatoms. The minimum absolute atomic E-state index is 0.0111. The van der Waals surface area contributed by atoms with Gasteiger partial charge in [-0.25, -0.2) is 0 Å². The summed E-state index contributed by atoms with van der Waals surface area (Å²) in [6.07, 6.45) is 5.62. The molecule has 0 heterocycles. The van der Waals surface area contributed by atoms with Crippen LogP contribution in [0, 0.1) is 6.92 Å². The van der Waals surface area contributed by atoms with Gasteiger partial charge in [0.2, 0.25) is 11.8 Å². The molecule has 2 aromatic carbocycles. The van der Waals surface area contributed by atoms with Crippen molar-refractivity contribution in [1.29, 1.82) is 0 Å². The van der Waals surface area contributed by atoms with Crippen molar-refractivity contribution in [3.05, 3.63) is 65.2 Å². The van der Waals surface area contributed by atoms with E-state index >= 15 is 0 Å². The molecule has 0 unspecified atom stereocenters. The lowest BCUT2D eigenvalue weighted by molar-refractivity contribution is -0.139. The standard InChI is InChI=1S/C27H36N2O3S/c1-20-9-7-8-10-23(20)17-29(21(2)27(31)28-24-11-5-4-6-12-24)26(30)19-33-18-22-13-15-25(32-3)16-14-22/h7-10,13-16,21,24H,4-6,11-12,17-19H2,1-3H3,(H,28,31)/t21-/m0/s1. The average Bonchev–Trinajstić information content (AvgIpc) is 2.84. The number of hydrogen-bond acceptors (Lipinski definition) is 4. The quantitative estimate of drug-likeness (QED) is 0.527. The van der Waals surface area contributed by atoms with Gasteiger partial charge in [-0.1, -0.05) is 55.7 Å². The van der Waals surface area contributed by atoms with Crippen molar-refractivity contribution in [3.8, 4) is 5.75 Å². The van der Waals surface area contributed by atoms with Gasteiger partial charge in [-0.15, -0.1) is 11.8 Å². The van der Waals surface area contributed by atoms with Crippen LogP contribution >= 0.6 is 11.8 Å². The Morgan fingerprint density at radius 1 is 1.09 bits per heavy atom. The lowest BCUT2D eigenvalue weighted by atomic mass is 9.95. The second-order valence-corrected chi connectivity index (χ2v) is 9.79. The van der Waals surface area contributed by atoms with Crippen molar-refractivity contribution in [3.63, 3.8) is 0 Å². The van der Waals surface area contributed by atoms with Crippen molar-refractivity contribution >= 4 is 23.6 Å². The first-order chi connectivity index (χ1) is 16.0. The first-order valence-electron chi connectivity index (χ1n) is 11.8. The van der Waals surface area contributed by atoms with Gasteiger partial charge >= 0.3 is 0 Å². The van der Waals surface area contributed by atoms with Crippen LogP contribution in [-0.2, 0) is 21.9 Å². The lowest BCUT2D eigenvalue weighted by Crippen LogP contribution is -2.50. The molecule has 2 amide bonds. The van der Waals surface area contributed by atoms with Gasteiger partial charge in [0.15, 0.2) is 0 Å². The molecular weight excluding hydrogens is 432 g/mol. The first-order valence-corrected chi connectivity index (χ1v) is 13.0. The molecule has 5 nitrogen and oxygen atoms in total. The number of nitrogens with zero attached hydrogens (tertiary/aromatic N) is 1. The Kier molecular flexibility index (Phi) is 9.67. The Morgan fingerprint density at radius 3 is 2.45 bits per heavy atom. The smallest absolute Gasteiger partial charge is 0.242 e. The van der Waals surface area contributed by atoms with Crippen LogP contribution < -0.4 is 10.1 Å². The van der Waals surface area contributed by atoms with Gasteiger partial charge in [0.25, 0.3) is 0 Å². The number of carbonyl (C=O) groups excluding carboxylic acids is 2. The summed E-state index contributed by atoms with van der Waals surface area (Å²) in [5.74, 6) is 1.82. The number of rotatable bonds is 10. The van der Waals surface area contributed by atoms with Crippen LogP contribution in [0.15, 0.2) is 48.5 Å². The van der Waals surface area contributed by atoms with Crippen LogP contribution in [0.5, 0.6) is 5.75 Å². The summed E-state index contributed by atoms with van der Waals surface area (Å²) in [5, 5.41) is 3.20. The fourth-order valence-electron chi connectivity index (χ4n) is 4.18. The average molecular weight is 469 g/mol. The maximum absolute atomic E-state index is 13.3. The highest BCUT2D eigenvalue weighted by molar-refractivity contribution is 7.99. The van der Waals surface area contributed by atoms with Gasteiger partial charge in [0.1, 0.15) is 11.8 Å². The number of nitrogens with one attached hydrogen (secondary N) is 1. The Bertz CT molecular complexity index is 910. The van der Waals surface area contributed by atoms with Crippen molar-refractivity contribution in [1.82, 2.24) is 10.2 Å². The Labute approximate surface area is 202 Å². The molecule has 0 bridgehead atoms. The molecule has 1 aliphatic rings. The van der Waals surface area contributed by atoms with E-state index in [1.807, 2.05) is 62.4 Å². The van der Waals surface area contributed by atoms with Crippen LogP contribution in [0.1, 0.15) is 55.7 Å². The molecule has 1 fully saturated rings. The maximum atomic E-state index is 13.3. The van der Waals surface area contributed by atoms with Crippen molar-refractivity contribution in [2.45, 2.75) is 70.3 Å². The fourth-order valence-corrected chi connectivity index (χ4v) is 5.05. The molecule has 1 saturated carbocycles. The zero-order valence-electron chi connectivity index (χ0n) is 20.0. The number of methoxy groups -OCH3 is 1. The summed E-state index contributed by atoms with van der Waals surface area (Å²) < 4.78 is 5.21. The number of aryl methyl sites for hydroxylation is 1. The molecule has 0 spiro atoms. The molecule has 178 valence electrons. The zero-order valence-corrected chi connectivity index (χ0v) is 20.8. The van der Waals surface area contributed by atoms with E-state index in [0.717, 1.165) is 53.9 Å². The van der Waals surface area contributed by atoms with E-state index in [2.05, 4.69) is 5.32 Å².